The average Bonchev–Trinajstić information content (AvgIpc) is 1.71. The van der Waals surface area contributed by atoms with E-state index < -0.39 is 166 Å². The zero-order valence-corrected chi connectivity index (χ0v) is 74.2. The molecule has 6 heterocycles. The number of amides is 1. The third-order valence-electron chi connectivity index (χ3n) is 19.2. The molecule has 9 aromatic rings. The first-order valence-electron chi connectivity index (χ1n) is 38.1. The number of sulfonamides is 1. The van der Waals surface area contributed by atoms with Crippen molar-refractivity contribution in [2.24, 2.45) is 17.8 Å². The van der Waals surface area contributed by atoms with Gasteiger partial charge in [-0.25, -0.2) is 37.4 Å². The van der Waals surface area contributed by atoms with Gasteiger partial charge in [0.25, 0.3) is 22.6 Å². The largest absolute Gasteiger partial charge is 1.00 e. The van der Waals surface area contributed by atoms with E-state index in [2.05, 4.69) is 61.5 Å². The molecule has 0 aliphatic rings. The summed E-state index contributed by atoms with van der Waals surface area (Å²) in [5, 5.41) is 42.6. The minimum absolute atomic E-state index is 0. The van der Waals surface area contributed by atoms with Gasteiger partial charge in [-0.15, -0.1) is 15.3 Å². The second kappa shape index (κ2) is 45.9. The van der Waals surface area contributed by atoms with E-state index in [1.807, 2.05) is 41.5 Å². The third kappa shape index (κ3) is 28.7. The van der Waals surface area contributed by atoms with Crippen molar-refractivity contribution in [1.82, 2.24) is 94.0 Å². The molecule has 0 unspecified atom stereocenters. The Balaban J connectivity index is 0.000000336. The SMILES string of the molecule is CC(=O)OC[C@@H](OC(C)=O)[C@@H](C)[C@H](Cn1c(=O)c(-c2nnnn2CC(=O)NS(C)(=O)=O)nc2cc(C)c(C)cc21)OC(C)=O.CC(=O)OC[C@@H](OC(C)=O)[C@@H](C)[C@H](Cn1c(=O)c(-c2nnnn2CC(=O)O)nc2cc(C)c(C)cc21)OC(C)=O.COC(=O)Cn1nnnc1-c1nc2cc(C)c(C)cc2n(C[C@H](OC(C)=O)[C@H](C)[C@@H](COC(C)=O)OC(C)=O)c1=O.[Li+].[OH-]. The van der Waals surface area contributed by atoms with E-state index in [1.165, 1.54) is 83.1 Å². The molecule has 50 heteroatoms. The second-order valence-corrected chi connectivity index (χ2v) is 30.8. The number of aryl methyl sites for hydroxylation is 6. The number of carboxylic acids is 1. The Kier molecular flexibility index (Phi) is 37.6. The van der Waals surface area contributed by atoms with Crippen LogP contribution in [-0.2, 0) is 154 Å². The van der Waals surface area contributed by atoms with Crippen LogP contribution in [0.2, 0.25) is 0 Å². The molecule has 0 spiro atoms. The molecule has 9 rings (SSSR count). The molecule has 127 heavy (non-hydrogen) atoms. The van der Waals surface area contributed by atoms with Gasteiger partial charge in [0.05, 0.1) is 66.1 Å². The second-order valence-electron chi connectivity index (χ2n) is 29.0. The molecule has 0 saturated carbocycles. The summed E-state index contributed by atoms with van der Waals surface area (Å²) in [4.78, 5) is 197. The van der Waals surface area contributed by atoms with Crippen LogP contribution in [0.15, 0.2) is 50.8 Å². The van der Waals surface area contributed by atoms with Crippen LogP contribution in [0, 0.1) is 59.3 Å². The van der Waals surface area contributed by atoms with Crippen molar-refractivity contribution >= 4 is 115 Å². The van der Waals surface area contributed by atoms with Crippen molar-refractivity contribution in [2.45, 2.75) is 201 Å². The number of nitrogens with one attached hydrogen (secondary N) is 1. The summed E-state index contributed by atoms with van der Waals surface area (Å²) in [7, 11) is -2.67. The average molecular weight is 1790 g/mol. The fraction of sp³-hybridized carbons (Fsp3) is 0.494. The number of carbonyl (C=O) groups excluding carboxylic acids is 11. The summed E-state index contributed by atoms with van der Waals surface area (Å²) in [5.74, 6) is -11.3. The number of esters is 10. The zero-order valence-electron chi connectivity index (χ0n) is 73.4. The van der Waals surface area contributed by atoms with Crippen molar-refractivity contribution in [3.05, 3.63) is 101 Å². The quantitative estimate of drug-likeness (QED) is 0.0259. The molecule has 680 valence electrons. The molecular weight excluding hydrogens is 1690 g/mol. The fourth-order valence-corrected chi connectivity index (χ4v) is 13.0. The van der Waals surface area contributed by atoms with Gasteiger partial charge in [0, 0.05) is 80.1 Å². The smallest absolute Gasteiger partial charge is 0.870 e. The molecule has 0 radical (unpaired) electrons. The monoisotopic (exact) mass is 1790 g/mol. The molecule has 3 N–H and O–H groups in total. The third-order valence-corrected chi connectivity index (χ3v) is 19.8. The normalized spacial score (nSPS) is 13.2. The maximum atomic E-state index is 14.1. The fourth-order valence-electron chi connectivity index (χ4n) is 12.6. The Morgan fingerprint density at radius 3 is 0.898 bits per heavy atom. The van der Waals surface area contributed by atoms with Gasteiger partial charge >= 0.3 is 84.5 Å². The number of hydrogen-bond acceptors (Lipinski definition) is 40. The predicted molar refractivity (Wildman–Crippen MR) is 432 cm³/mol. The molecule has 0 aliphatic carbocycles. The van der Waals surface area contributed by atoms with Crippen LogP contribution in [-0.4, -0.2) is 250 Å². The number of nitrogens with zero attached hydrogens (tertiary/aromatic N) is 18. The van der Waals surface area contributed by atoms with E-state index in [0.29, 0.717) is 33.1 Å². The maximum Gasteiger partial charge on any atom is 1.00 e. The Morgan fingerprint density at radius 1 is 0.402 bits per heavy atom. The number of benzene rings is 3. The van der Waals surface area contributed by atoms with E-state index in [1.54, 1.807) is 61.9 Å². The number of aliphatic carboxylic acids is 1. The zero-order chi connectivity index (χ0) is 93.1. The van der Waals surface area contributed by atoms with Gasteiger partial charge < -0.3 is 71.7 Å². The summed E-state index contributed by atoms with van der Waals surface area (Å²) in [6, 6.07) is 10.5. The molecule has 0 bridgehead atoms. The number of methoxy groups -OCH3 is 1. The van der Waals surface area contributed by atoms with Crippen LogP contribution < -0.4 is 40.3 Å². The molecule has 0 fully saturated rings. The number of fused-ring (bicyclic) bond motifs is 3. The van der Waals surface area contributed by atoms with Crippen LogP contribution in [0.25, 0.3) is 67.7 Å². The van der Waals surface area contributed by atoms with Crippen LogP contribution in [0.1, 0.15) is 116 Å². The molecule has 0 saturated heterocycles. The van der Waals surface area contributed by atoms with Crippen LogP contribution in [0.3, 0.4) is 0 Å². The van der Waals surface area contributed by atoms with Gasteiger partial charge in [0.1, 0.15) is 76.1 Å². The van der Waals surface area contributed by atoms with Gasteiger partial charge in [-0.1, -0.05) is 20.8 Å². The maximum absolute atomic E-state index is 14.1. The van der Waals surface area contributed by atoms with E-state index in [4.69, 9.17) is 47.4 Å². The van der Waals surface area contributed by atoms with Crippen molar-refractivity contribution in [3.63, 3.8) is 0 Å². The Hall–Kier alpha value is -13.6. The standard InChI is InChI=1S/C26H33N7O10S.C26H32N6O9.C25H30N6O9.Li.H2O/c1-13-8-19-20(9-14(13)2)32(10-21(42-17(5)35)15(3)22(43-18(6)36)12-41-16(4)34)26(38)24(27-19)25-28-30-31-33(25)11-23(37)29-44(7,39)40;1-13-8-19-20(9-14(13)2)31(26(37)24(27-19)25-28-29-30-32(25)11-23(36)38-7)10-21(40-17(5)34)15(3)22(41-18(6)35)12-39-16(4)33;1-12-7-18-19(8-13(12)2)30(25(37)23(26-18)24-27-28-29-31(24)10-22(35)36)9-20(39-16(5)33)14(3)21(40-17(6)34)11-38-15(4)32;;/h8-9,15,21-22H,10-12H2,1-7H3,(H,29,37);8-9,15,21-22H,10-12H2,1-7H3;7-8,14,20-21H,9-11H2,1-6H3,(H,35,36);;1H2/q;;;+1;/p-1/t2*15-,21-,22+;14-,20-,21+;;/m000../s1. The number of hydrogen-bond donors (Lipinski definition) is 2. The molecule has 9 atom stereocenters. The van der Waals surface area contributed by atoms with E-state index in [-0.39, 0.29) is 105 Å². The molecule has 1 amide bonds. The minimum Gasteiger partial charge on any atom is -0.870 e. The molecule has 3 aromatic carbocycles. The first-order valence-corrected chi connectivity index (χ1v) is 40.0. The van der Waals surface area contributed by atoms with Crippen molar-refractivity contribution in [3.8, 4) is 34.6 Å². The number of carboxylic acid groups (broad SMARTS) is 1. The molecular formula is C77H96LiN19O29S. The topological polar surface area (TPSA) is 629 Å². The summed E-state index contributed by atoms with van der Waals surface area (Å²) < 4.78 is 84.5. The van der Waals surface area contributed by atoms with Gasteiger partial charge in [-0.3, -0.25) is 76.6 Å². The summed E-state index contributed by atoms with van der Waals surface area (Å²) in [6.45, 7) is 23.6. The number of carbonyl (C=O) groups is 12. The van der Waals surface area contributed by atoms with Crippen LogP contribution in [0.5, 0.6) is 0 Å². The van der Waals surface area contributed by atoms with Gasteiger partial charge in [-0.05, 0) is 143 Å². The van der Waals surface area contributed by atoms with Crippen molar-refractivity contribution in [1.29, 1.82) is 0 Å². The van der Waals surface area contributed by atoms with Crippen LogP contribution in [0.4, 0.5) is 0 Å². The van der Waals surface area contributed by atoms with E-state index in [0.717, 1.165) is 53.7 Å². The Morgan fingerprint density at radius 2 is 0.654 bits per heavy atom. The summed E-state index contributed by atoms with van der Waals surface area (Å²) in [5.41, 5.74) is 4.84. The van der Waals surface area contributed by atoms with Gasteiger partial charge in [0.2, 0.25) is 27.5 Å². The number of tetrazole rings is 3. The molecule has 48 nitrogen and oxygen atoms in total. The van der Waals surface area contributed by atoms with Crippen molar-refractivity contribution < 1.29 is 143 Å². The Labute approximate surface area is 734 Å². The van der Waals surface area contributed by atoms with Crippen molar-refractivity contribution in [2.75, 3.05) is 33.2 Å². The minimum atomic E-state index is -3.88. The number of rotatable bonds is 34. The summed E-state index contributed by atoms with van der Waals surface area (Å²) in [6.07, 6.45) is -5.35. The summed E-state index contributed by atoms with van der Waals surface area (Å²) >= 11 is 0. The first-order chi connectivity index (χ1) is 58.6. The molecule has 0 aliphatic heterocycles. The number of ether oxygens (including phenoxy) is 10. The Bertz CT molecular complexity index is 5940. The van der Waals surface area contributed by atoms with Gasteiger partial charge in [-0.2, -0.15) is 0 Å². The first kappa shape index (κ1) is 104. The predicted octanol–water partition coefficient (Wildman–Crippen LogP) is -1.65. The number of aromatic nitrogens is 18. The van der Waals surface area contributed by atoms with Crippen LogP contribution >= 0.6 is 0 Å². The van der Waals surface area contributed by atoms with Gasteiger partial charge in [0.15, 0.2) is 17.1 Å². The van der Waals surface area contributed by atoms with E-state index in [9.17, 15) is 85.4 Å². The molecule has 6 aromatic heterocycles. The van der Waals surface area contributed by atoms with E-state index >= 15 is 0 Å².